The zero-order valence-electron chi connectivity index (χ0n) is 9.42. The molecule has 5 heteroatoms. The summed E-state index contributed by atoms with van der Waals surface area (Å²) in [6.45, 7) is 0.467. The molecule has 0 atom stereocenters. The summed E-state index contributed by atoms with van der Waals surface area (Å²) in [4.78, 5) is 12.5. The number of carbonyl (C=O) groups excluding carboxylic acids is 1. The second-order valence-corrected chi connectivity index (χ2v) is 4.20. The second-order valence-electron chi connectivity index (χ2n) is 3.72. The maximum Gasteiger partial charge on any atom is 0.252 e. The summed E-state index contributed by atoms with van der Waals surface area (Å²) in [6, 6.07) is 7.21. The number of aromatic nitrogens is 2. The molecule has 2 aromatic rings. The van der Waals surface area contributed by atoms with Crippen molar-refractivity contribution in [3.05, 3.63) is 47.8 Å². The van der Waals surface area contributed by atoms with Crippen LogP contribution in [0.5, 0.6) is 0 Å². The lowest BCUT2D eigenvalue weighted by Crippen LogP contribution is -2.22. The van der Waals surface area contributed by atoms with Gasteiger partial charge in [-0.25, -0.2) is 0 Å². The number of hydrogen-bond acceptors (Lipinski definition) is 3. The number of thiol groups is 1. The van der Waals surface area contributed by atoms with Crippen LogP contribution >= 0.6 is 12.6 Å². The van der Waals surface area contributed by atoms with E-state index in [0.717, 1.165) is 5.56 Å². The lowest BCUT2D eigenvalue weighted by molar-refractivity contribution is 0.0948. The standard InChI is InChI=1S/C12H13N3OS/c1-15-8-9(7-14-15)6-13-12(16)10-4-2-3-5-11(10)17/h2-5,7-8,17H,6H2,1H3,(H,13,16). The van der Waals surface area contributed by atoms with Crippen molar-refractivity contribution >= 4 is 18.5 Å². The van der Waals surface area contributed by atoms with Gasteiger partial charge >= 0.3 is 0 Å². The summed E-state index contributed by atoms with van der Waals surface area (Å²) in [5.41, 5.74) is 1.55. The SMILES string of the molecule is Cn1cc(CNC(=O)c2ccccc2S)cn1. The van der Waals surface area contributed by atoms with Gasteiger partial charge in [0.1, 0.15) is 0 Å². The van der Waals surface area contributed by atoms with Crippen LogP contribution in [0.3, 0.4) is 0 Å². The molecule has 4 nitrogen and oxygen atoms in total. The van der Waals surface area contributed by atoms with Crippen LogP contribution in [0.15, 0.2) is 41.6 Å². The Labute approximate surface area is 105 Å². The number of aryl methyl sites for hydroxylation is 1. The average molecular weight is 247 g/mol. The third-order valence-electron chi connectivity index (χ3n) is 2.36. The van der Waals surface area contributed by atoms with Crippen LogP contribution in [-0.2, 0) is 13.6 Å². The molecule has 1 amide bonds. The molecular formula is C12H13N3OS. The summed E-state index contributed by atoms with van der Waals surface area (Å²) >= 11 is 4.24. The molecule has 17 heavy (non-hydrogen) atoms. The summed E-state index contributed by atoms with van der Waals surface area (Å²) in [7, 11) is 1.84. The van der Waals surface area contributed by atoms with Gasteiger partial charge in [0.05, 0.1) is 11.8 Å². The predicted molar refractivity (Wildman–Crippen MR) is 68.1 cm³/mol. The predicted octanol–water partition coefficient (Wildman–Crippen LogP) is 1.64. The number of hydrogen-bond donors (Lipinski definition) is 2. The monoisotopic (exact) mass is 247 g/mol. The topological polar surface area (TPSA) is 46.9 Å². The van der Waals surface area contributed by atoms with Crippen LogP contribution in [0.25, 0.3) is 0 Å². The molecule has 0 unspecified atom stereocenters. The Morgan fingerprint density at radius 2 is 2.24 bits per heavy atom. The maximum absolute atomic E-state index is 11.9. The Kier molecular flexibility index (Phi) is 3.49. The molecule has 1 heterocycles. The van der Waals surface area contributed by atoms with Gasteiger partial charge in [-0.3, -0.25) is 9.48 Å². The van der Waals surface area contributed by atoms with E-state index in [1.54, 1.807) is 23.0 Å². The van der Waals surface area contributed by atoms with Crippen molar-refractivity contribution in [2.75, 3.05) is 0 Å². The van der Waals surface area contributed by atoms with Gasteiger partial charge in [-0.1, -0.05) is 12.1 Å². The van der Waals surface area contributed by atoms with E-state index in [2.05, 4.69) is 23.0 Å². The van der Waals surface area contributed by atoms with Gasteiger partial charge in [0.15, 0.2) is 0 Å². The third kappa shape index (κ3) is 2.88. The van der Waals surface area contributed by atoms with E-state index in [0.29, 0.717) is 17.0 Å². The minimum absolute atomic E-state index is 0.126. The largest absolute Gasteiger partial charge is 0.348 e. The van der Waals surface area contributed by atoms with Gasteiger partial charge in [-0.05, 0) is 12.1 Å². The zero-order chi connectivity index (χ0) is 12.3. The van der Waals surface area contributed by atoms with Crippen molar-refractivity contribution in [2.24, 2.45) is 7.05 Å². The number of rotatable bonds is 3. The van der Waals surface area contributed by atoms with Gasteiger partial charge in [0.2, 0.25) is 0 Å². The smallest absolute Gasteiger partial charge is 0.252 e. The molecule has 0 fully saturated rings. The molecule has 1 aromatic carbocycles. The number of carbonyl (C=O) groups is 1. The normalized spacial score (nSPS) is 10.2. The Morgan fingerprint density at radius 3 is 2.88 bits per heavy atom. The second kappa shape index (κ2) is 5.05. The molecule has 0 bridgehead atoms. The molecule has 0 spiro atoms. The molecule has 0 aliphatic heterocycles. The van der Waals surface area contributed by atoms with E-state index in [-0.39, 0.29) is 5.91 Å². The summed E-state index contributed by atoms with van der Waals surface area (Å²) in [5, 5.41) is 6.86. The Hall–Kier alpha value is -1.75. The maximum atomic E-state index is 11.9. The van der Waals surface area contributed by atoms with E-state index < -0.39 is 0 Å². The van der Waals surface area contributed by atoms with Gasteiger partial charge in [-0.2, -0.15) is 5.10 Å². The van der Waals surface area contributed by atoms with Gasteiger partial charge < -0.3 is 5.32 Å². The quantitative estimate of drug-likeness (QED) is 0.810. The van der Waals surface area contributed by atoms with Crippen molar-refractivity contribution in [2.45, 2.75) is 11.4 Å². The van der Waals surface area contributed by atoms with Crippen LogP contribution in [0.4, 0.5) is 0 Å². The van der Waals surface area contributed by atoms with Crippen molar-refractivity contribution in [3.63, 3.8) is 0 Å². The molecule has 0 aliphatic carbocycles. The molecule has 88 valence electrons. The zero-order valence-corrected chi connectivity index (χ0v) is 10.3. The first-order chi connectivity index (χ1) is 8.16. The minimum Gasteiger partial charge on any atom is -0.348 e. The van der Waals surface area contributed by atoms with Gasteiger partial charge in [-0.15, -0.1) is 12.6 Å². The van der Waals surface area contributed by atoms with Crippen LogP contribution in [0, 0.1) is 0 Å². The van der Waals surface area contributed by atoms with E-state index in [1.807, 2.05) is 25.4 Å². The Morgan fingerprint density at radius 1 is 1.47 bits per heavy atom. The Bertz CT molecular complexity index is 536. The molecule has 1 N–H and O–H groups in total. The molecule has 0 saturated heterocycles. The molecule has 1 aromatic heterocycles. The van der Waals surface area contributed by atoms with Gasteiger partial charge in [0, 0.05) is 30.2 Å². The van der Waals surface area contributed by atoms with Gasteiger partial charge in [0.25, 0.3) is 5.91 Å². The van der Waals surface area contributed by atoms with Crippen LogP contribution < -0.4 is 5.32 Å². The fourth-order valence-corrected chi connectivity index (χ4v) is 1.77. The van der Waals surface area contributed by atoms with E-state index in [4.69, 9.17) is 0 Å². The number of nitrogens with one attached hydrogen (secondary N) is 1. The fraction of sp³-hybridized carbons (Fsp3) is 0.167. The highest BCUT2D eigenvalue weighted by molar-refractivity contribution is 7.80. The molecule has 2 rings (SSSR count). The first-order valence-corrected chi connectivity index (χ1v) is 5.65. The van der Waals surface area contributed by atoms with Crippen LogP contribution in [-0.4, -0.2) is 15.7 Å². The number of benzene rings is 1. The fourth-order valence-electron chi connectivity index (χ4n) is 1.51. The lowest BCUT2D eigenvalue weighted by atomic mass is 10.2. The first kappa shape index (κ1) is 11.7. The van der Waals surface area contributed by atoms with E-state index in [9.17, 15) is 4.79 Å². The number of amides is 1. The summed E-state index contributed by atoms with van der Waals surface area (Å²) in [6.07, 6.45) is 3.60. The highest BCUT2D eigenvalue weighted by Crippen LogP contribution is 2.12. The summed E-state index contributed by atoms with van der Waals surface area (Å²) in [5.74, 6) is -0.126. The molecular weight excluding hydrogens is 234 g/mol. The van der Waals surface area contributed by atoms with E-state index >= 15 is 0 Å². The Balaban J connectivity index is 2.01. The van der Waals surface area contributed by atoms with Crippen molar-refractivity contribution in [3.8, 4) is 0 Å². The highest BCUT2D eigenvalue weighted by atomic mass is 32.1. The minimum atomic E-state index is -0.126. The molecule has 0 saturated carbocycles. The van der Waals surface area contributed by atoms with Crippen LogP contribution in [0.1, 0.15) is 15.9 Å². The van der Waals surface area contributed by atoms with E-state index in [1.165, 1.54) is 0 Å². The first-order valence-electron chi connectivity index (χ1n) is 5.20. The van der Waals surface area contributed by atoms with Crippen molar-refractivity contribution in [1.29, 1.82) is 0 Å². The lowest BCUT2D eigenvalue weighted by Gasteiger charge is -2.05. The third-order valence-corrected chi connectivity index (χ3v) is 2.75. The average Bonchev–Trinajstić information content (AvgIpc) is 2.73. The summed E-state index contributed by atoms with van der Waals surface area (Å²) < 4.78 is 1.70. The van der Waals surface area contributed by atoms with Crippen molar-refractivity contribution < 1.29 is 4.79 Å². The van der Waals surface area contributed by atoms with Crippen LogP contribution in [0.2, 0.25) is 0 Å². The van der Waals surface area contributed by atoms with Crippen molar-refractivity contribution in [1.82, 2.24) is 15.1 Å². The molecule has 0 aliphatic rings. The highest BCUT2D eigenvalue weighted by Gasteiger charge is 2.08. The molecule has 0 radical (unpaired) electrons. The number of nitrogens with zero attached hydrogens (tertiary/aromatic N) is 2.